The van der Waals surface area contributed by atoms with E-state index in [1.54, 1.807) is 24.3 Å². The molecule has 3 aliphatic heterocycles. The van der Waals surface area contributed by atoms with Gasteiger partial charge in [0.25, 0.3) is 0 Å². The van der Waals surface area contributed by atoms with Crippen LogP contribution in [-0.2, 0) is 4.74 Å². The molecule has 4 heterocycles. The van der Waals surface area contributed by atoms with E-state index in [2.05, 4.69) is 35.9 Å². The molecule has 5 heteroatoms. The van der Waals surface area contributed by atoms with Gasteiger partial charge in [-0.3, -0.25) is 9.88 Å². The second-order valence-corrected chi connectivity index (χ2v) is 9.71. The molecule has 1 aromatic heterocycles. The first-order valence-corrected chi connectivity index (χ1v) is 12.0. The maximum Gasteiger partial charge on any atom is 0.338 e. The van der Waals surface area contributed by atoms with E-state index in [4.69, 9.17) is 16.3 Å². The van der Waals surface area contributed by atoms with Crippen molar-refractivity contribution in [2.24, 2.45) is 11.8 Å². The van der Waals surface area contributed by atoms with E-state index < -0.39 is 0 Å². The number of carbonyl (C=O) groups excluding carboxylic acids is 1. The van der Waals surface area contributed by atoms with Crippen molar-refractivity contribution in [3.8, 4) is 0 Å². The van der Waals surface area contributed by atoms with E-state index in [9.17, 15) is 4.79 Å². The van der Waals surface area contributed by atoms with Crippen molar-refractivity contribution in [2.75, 3.05) is 13.1 Å². The number of halogens is 1. The monoisotopic (exact) mass is 448 g/mol. The minimum absolute atomic E-state index is 0.180. The summed E-state index contributed by atoms with van der Waals surface area (Å²) in [5.74, 6) is 1.13. The Kier molecular flexibility index (Phi) is 5.92. The topological polar surface area (TPSA) is 42.4 Å². The quantitative estimate of drug-likeness (QED) is 0.435. The lowest BCUT2D eigenvalue weighted by Gasteiger charge is -2.51. The number of fused-ring (bicyclic) bond motifs is 4. The van der Waals surface area contributed by atoms with E-state index in [0.29, 0.717) is 16.5 Å². The molecule has 0 amide bonds. The fourth-order valence-corrected chi connectivity index (χ4v) is 5.73. The molecule has 166 valence electrons. The van der Waals surface area contributed by atoms with Crippen molar-refractivity contribution in [3.05, 3.63) is 76.4 Å². The first-order chi connectivity index (χ1) is 15.5. The maximum atomic E-state index is 13.2. The fourth-order valence-electron chi connectivity index (χ4n) is 5.61. The van der Waals surface area contributed by atoms with Crippen molar-refractivity contribution in [1.29, 1.82) is 0 Å². The van der Waals surface area contributed by atoms with Crippen molar-refractivity contribution in [3.63, 3.8) is 0 Å². The number of esters is 1. The van der Waals surface area contributed by atoms with Crippen molar-refractivity contribution in [1.82, 2.24) is 9.88 Å². The first kappa shape index (κ1) is 21.4. The normalized spacial score (nSPS) is 25.6. The van der Waals surface area contributed by atoms with Gasteiger partial charge in [-0.1, -0.05) is 36.6 Å². The second-order valence-electron chi connectivity index (χ2n) is 9.27. The number of nitrogens with zero attached hydrogens (tertiary/aromatic N) is 2. The first-order valence-electron chi connectivity index (χ1n) is 11.6. The molecule has 32 heavy (non-hydrogen) atoms. The van der Waals surface area contributed by atoms with Crippen LogP contribution >= 0.6 is 11.6 Å². The molecule has 0 radical (unpaired) electrons. The van der Waals surface area contributed by atoms with Crippen LogP contribution in [0.25, 0.3) is 10.9 Å². The lowest BCUT2D eigenvalue weighted by atomic mass is 9.72. The number of pyridine rings is 1. The molecule has 2 aromatic carbocycles. The Morgan fingerprint density at radius 1 is 1.22 bits per heavy atom. The zero-order valence-corrected chi connectivity index (χ0v) is 19.4. The van der Waals surface area contributed by atoms with Crippen molar-refractivity contribution in [2.45, 2.75) is 45.3 Å². The molecular formula is C27H29ClN2O2. The average molecular weight is 449 g/mol. The predicted molar refractivity (Wildman–Crippen MR) is 128 cm³/mol. The molecule has 0 saturated carbocycles. The predicted octanol–water partition coefficient (Wildman–Crippen LogP) is 6.22. The molecule has 2 bridgehead atoms. The minimum atomic E-state index is -0.342. The summed E-state index contributed by atoms with van der Waals surface area (Å²) in [6.45, 7) is 6.54. The molecule has 3 aromatic rings. The number of aromatic nitrogens is 1. The number of piperidine rings is 3. The highest BCUT2D eigenvalue weighted by molar-refractivity contribution is 6.30. The largest absolute Gasteiger partial charge is 0.452 e. The molecule has 3 fully saturated rings. The Bertz CT molecular complexity index is 1130. The molecule has 5 atom stereocenters. The summed E-state index contributed by atoms with van der Waals surface area (Å²) in [5, 5.41) is 1.67. The Balaban J connectivity index is 1.55. The van der Waals surface area contributed by atoms with E-state index in [1.807, 2.05) is 18.3 Å². The number of benzene rings is 2. The van der Waals surface area contributed by atoms with Crippen LogP contribution in [0, 0.1) is 18.8 Å². The highest BCUT2D eigenvalue weighted by atomic mass is 35.5. The summed E-state index contributed by atoms with van der Waals surface area (Å²) in [6, 6.07) is 15.4. The fraction of sp³-hybridized carbons (Fsp3) is 0.407. The number of rotatable bonds is 5. The van der Waals surface area contributed by atoms with Gasteiger partial charge in [-0.15, -0.1) is 0 Å². The summed E-state index contributed by atoms with van der Waals surface area (Å²) in [5.41, 5.74) is 3.68. The van der Waals surface area contributed by atoms with Crippen molar-refractivity contribution < 1.29 is 9.53 Å². The van der Waals surface area contributed by atoms with Crippen molar-refractivity contribution >= 4 is 28.5 Å². The molecule has 6 rings (SSSR count). The number of hydrogen-bond donors (Lipinski definition) is 0. The third kappa shape index (κ3) is 4.02. The van der Waals surface area contributed by atoms with E-state index in [0.717, 1.165) is 41.9 Å². The van der Waals surface area contributed by atoms with E-state index >= 15 is 0 Å². The smallest absolute Gasteiger partial charge is 0.338 e. The number of hydrogen-bond acceptors (Lipinski definition) is 4. The zero-order chi connectivity index (χ0) is 22.2. The van der Waals surface area contributed by atoms with Gasteiger partial charge in [-0.2, -0.15) is 0 Å². The van der Waals surface area contributed by atoms with Gasteiger partial charge >= 0.3 is 5.97 Å². The highest BCUT2D eigenvalue weighted by Gasteiger charge is 2.44. The highest BCUT2D eigenvalue weighted by Crippen LogP contribution is 2.44. The third-order valence-electron chi connectivity index (χ3n) is 7.36. The van der Waals surface area contributed by atoms with Crippen LogP contribution in [-0.4, -0.2) is 35.0 Å². The van der Waals surface area contributed by atoms with Crippen LogP contribution in [0.5, 0.6) is 0 Å². The van der Waals surface area contributed by atoms with Crippen LogP contribution in [0.1, 0.15) is 53.8 Å². The molecule has 0 aliphatic carbocycles. The lowest BCUT2D eigenvalue weighted by Crippen LogP contribution is -2.55. The van der Waals surface area contributed by atoms with Gasteiger partial charge in [-0.25, -0.2) is 4.79 Å². The molecule has 2 unspecified atom stereocenters. The summed E-state index contributed by atoms with van der Waals surface area (Å²) in [4.78, 5) is 20.3. The third-order valence-corrected chi connectivity index (χ3v) is 7.61. The van der Waals surface area contributed by atoms with E-state index in [-0.39, 0.29) is 18.1 Å². The summed E-state index contributed by atoms with van der Waals surface area (Å²) in [6.07, 6.45) is 5.00. The summed E-state index contributed by atoms with van der Waals surface area (Å²) >= 11 is 6.02. The molecule has 3 aliphatic rings. The Morgan fingerprint density at radius 2 is 2.03 bits per heavy atom. The second kappa shape index (κ2) is 8.84. The zero-order valence-electron chi connectivity index (χ0n) is 18.6. The summed E-state index contributed by atoms with van der Waals surface area (Å²) < 4.78 is 6.32. The van der Waals surface area contributed by atoms with Gasteiger partial charge in [0.2, 0.25) is 0 Å². The standard InChI is InChI=1S/C27H29ClN2O2/c1-3-18-16-30-13-11-20(18)15-25(30)26(32-27(31)19-5-7-21(28)8-6-19)22-10-12-29-24-9-4-17(2)14-23(22)24/h4-10,12,14,18,20,25-26H,3,11,13,15-16H2,1-2H3/t18?,20-,25+,26-/m1/s1. The average Bonchev–Trinajstić information content (AvgIpc) is 2.82. The Hall–Kier alpha value is -2.43. The number of ether oxygens (including phenoxy) is 1. The SMILES string of the molecule is CCC1CN2CC[C@@H]1C[C@H]2[C@H](OC(=O)c1ccc(Cl)cc1)c1ccnc2ccc(C)cc12. The van der Waals surface area contributed by atoms with Crippen LogP contribution in [0.15, 0.2) is 54.7 Å². The molecule has 3 saturated heterocycles. The Labute approximate surface area is 194 Å². The summed E-state index contributed by atoms with van der Waals surface area (Å²) in [7, 11) is 0. The van der Waals surface area contributed by atoms with Gasteiger partial charge < -0.3 is 4.74 Å². The maximum absolute atomic E-state index is 13.2. The van der Waals surface area contributed by atoms with Gasteiger partial charge in [0.15, 0.2) is 0 Å². The van der Waals surface area contributed by atoms with Crippen LogP contribution in [0.2, 0.25) is 5.02 Å². The molecule has 0 spiro atoms. The van der Waals surface area contributed by atoms with Gasteiger partial charge in [0.1, 0.15) is 6.10 Å². The van der Waals surface area contributed by atoms with Crippen LogP contribution in [0.3, 0.4) is 0 Å². The van der Waals surface area contributed by atoms with Gasteiger partial charge in [0, 0.05) is 28.7 Å². The molecule has 4 nitrogen and oxygen atoms in total. The van der Waals surface area contributed by atoms with E-state index in [1.165, 1.54) is 18.4 Å². The lowest BCUT2D eigenvalue weighted by molar-refractivity contribution is -0.0659. The van der Waals surface area contributed by atoms with Gasteiger partial charge in [-0.05, 0) is 80.6 Å². The number of carbonyl (C=O) groups is 1. The number of aryl methyl sites for hydroxylation is 1. The van der Waals surface area contributed by atoms with Crippen LogP contribution < -0.4 is 0 Å². The minimum Gasteiger partial charge on any atom is -0.452 e. The molecule has 0 N–H and O–H groups in total. The molecular weight excluding hydrogens is 420 g/mol. The van der Waals surface area contributed by atoms with Gasteiger partial charge in [0.05, 0.1) is 17.1 Å². The van der Waals surface area contributed by atoms with Crippen LogP contribution in [0.4, 0.5) is 0 Å². The Morgan fingerprint density at radius 3 is 2.75 bits per heavy atom.